The molecule has 0 unspecified atom stereocenters. The number of esters is 1. The zero-order valence-electron chi connectivity index (χ0n) is 16.0. The molecule has 0 spiro atoms. The Morgan fingerprint density at radius 1 is 1.14 bits per heavy atom. The summed E-state index contributed by atoms with van der Waals surface area (Å²) in [5.41, 5.74) is 2.98. The van der Waals surface area contributed by atoms with Crippen LogP contribution in [0, 0.1) is 6.92 Å². The highest BCUT2D eigenvalue weighted by atomic mass is 79.9. The molecular weight excluding hydrogens is 454 g/mol. The minimum atomic E-state index is -0.465. The van der Waals surface area contributed by atoms with Gasteiger partial charge < -0.3 is 14.8 Å². The highest BCUT2D eigenvalue weighted by Crippen LogP contribution is 2.36. The van der Waals surface area contributed by atoms with Crippen molar-refractivity contribution in [2.45, 2.75) is 13.8 Å². The monoisotopic (exact) mass is 473 g/mol. The van der Waals surface area contributed by atoms with Crippen LogP contribution >= 0.6 is 27.3 Å². The van der Waals surface area contributed by atoms with Crippen molar-refractivity contribution in [3.05, 3.63) is 69.5 Å². The van der Waals surface area contributed by atoms with Crippen LogP contribution in [0.15, 0.2) is 58.4 Å². The lowest BCUT2D eigenvalue weighted by atomic mass is 10.0. The molecule has 1 amide bonds. The van der Waals surface area contributed by atoms with E-state index in [0.29, 0.717) is 16.3 Å². The number of carbonyl (C=O) groups is 2. The molecule has 3 aromatic rings. The van der Waals surface area contributed by atoms with E-state index in [1.807, 2.05) is 54.8 Å². The van der Waals surface area contributed by atoms with Gasteiger partial charge in [0, 0.05) is 15.4 Å². The predicted molar refractivity (Wildman–Crippen MR) is 119 cm³/mol. The SMILES string of the molecule is CCOC(=O)c1c(-c2ccccc2)csc1NC(=O)COc1ccc(Br)c(C)c1. The fourth-order valence-corrected chi connectivity index (χ4v) is 3.92. The van der Waals surface area contributed by atoms with Gasteiger partial charge in [0.1, 0.15) is 16.3 Å². The summed E-state index contributed by atoms with van der Waals surface area (Å²) in [7, 11) is 0. The molecule has 2 aromatic carbocycles. The van der Waals surface area contributed by atoms with Crippen molar-refractivity contribution in [2.24, 2.45) is 0 Å². The molecule has 5 nitrogen and oxygen atoms in total. The molecule has 0 radical (unpaired) electrons. The Kier molecular flexibility index (Phi) is 7.06. The summed E-state index contributed by atoms with van der Waals surface area (Å²) in [6.45, 7) is 3.78. The third-order valence-corrected chi connectivity index (χ3v) is 5.89. The fourth-order valence-electron chi connectivity index (χ4n) is 2.70. The van der Waals surface area contributed by atoms with E-state index in [0.717, 1.165) is 21.2 Å². The molecule has 150 valence electrons. The van der Waals surface area contributed by atoms with Crippen molar-refractivity contribution in [1.82, 2.24) is 0 Å². The normalized spacial score (nSPS) is 10.4. The van der Waals surface area contributed by atoms with Crippen LogP contribution in [0.3, 0.4) is 0 Å². The van der Waals surface area contributed by atoms with Crippen LogP contribution < -0.4 is 10.1 Å². The van der Waals surface area contributed by atoms with Gasteiger partial charge in [0.2, 0.25) is 0 Å². The number of thiophene rings is 1. The van der Waals surface area contributed by atoms with E-state index in [1.54, 1.807) is 13.0 Å². The van der Waals surface area contributed by atoms with E-state index < -0.39 is 5.97 Å². The zero-order valence-corrected chi connectivity index (χ0v) is 18.4. The Bertz CT molecular complexity index is 1020. The second-order valence-corrected chi connectivity index (χ2v) is 7.92. The summed E-state index contributed by atoms with van der Waals surface area (Å²) in [5, 5.41) is 5.07. The average Bonchev–Trinajstić information content (AvgIpc) is 3.13. The maximum atomic E-state index is 12.5. The molecule has 0 fully saturated rings. The van der Waals surface area contributed by atoms with Crippen molar-refractivity contribution in [1.29, 1.82) is 0 Å². The summed E-state index contributed by atoms with van der Waals surface area (Å²) in [4.78, 5) is 25.0. The molecule has 0 saturated carbocycles. The lowest BCUT2D eigenvalue weighted by molar-refractivity contribution is -0.118. The number of nitrogens with one attached hydrogen (secondary N) is 1. The summed E-state index contributed by atoms with van der Waals surface area (Å²) < 4.78 is 11.7. The Balaban J connectivity index is 1.77. The first-order chi connectivity index (χ1) is 14.0. The van der Waals surface area contributed by atoms with Gasteiger partial charge >= 0.3 is 5.97 Å². The van der Waals surface area contributed by atoms with E-state index in [2.05, 4.69) is 21.2 Å². The average molecular weight is 474 g/mol. The van der Waals surface area contributed by atoms with Gasteiger partial charge in [-0.1, -0.05) is 46.3 Å². The number of aryl methyl sites for hydroxylation is 1. The summed E-state index contributed by atoms with van der Waals surface area (Å²) in [6, 6.07) is 15.0. The smallest absolute Gasteiger partial charge is 0.341 e. The van der Waals surface area contributed by atoms with Gasteiger partial charge in [-0.05, 0) is 43.2 Å². The maximum Gasteiger partial charge on any atom is 0.341 e. The Morgan fingerprint density at radius 2 is 1.90 bits per heavy atom. The number of hydrogen-bond acceptors (Lipinski definition) is 5. The number of halogens is 1. The minimum Gasteiger partial charge on any atom is -0.484 e. The van der Waals surface area contributed by atoms with Gasteiger partial charge in [-0.15, -0.1) is 11.3 Å². The zero-order chi connectivity index (χ0) is 20.8. The van der Waals surface area contributed by atoms with Crippen molar-refractivity contribution in [3.63, 3.8) is 0 Å². The second kappa shape index (κ2) is 9.71. The standard InChI is InChI=1S/C22H20BrNO4S/c1-3-27-22(26)20-17(15-7-5-4-6-8-15)13-29-21(20)24-19(25)12-28-16-9-10-18(23)14(2)11-16/h4-11,13H,3,12H2,1-2H3,(H,24,25). The van der Waals surface area contributed by atoms with Crippen molar-refractivity contribution >= 4 is 44.1 Å². The van der Waals surface area contributed by atoms with Crippen LogP contribution in [-0.4, -0.2) is 25.1 Å². The Labute approximate surface area is 181 Å². The molecule has 0 aliphatic carbocycles. The molecule has 0 atom stereocenters. The van der Waals surface area contributed by atoms with Gasteiger partial charge in [-0.3, -0.25) is 4.79 Å². The second-order valence-electron chi connectivity index (χ2n) is 6.19. The van der Waals surface area contributed by atoms with Crippen molar-refractivity contribution in [3.8, 4) is 16.9 Å². The Morgan fingerprint density at radius 3 is 2.59 bits per heavy atom. The third-order valence-electron chi connectivity index (χ3n) is 4.11. The van der Waals surface area contributed by atoms with Crippen LogP contribution in [-0.2, 0) is 9.53 Å². The number of carbonyl (C=O) groups excluding carboxylic acids is 2. The van der Waals surface area contributed by atoms with Gasteiger partial charge in [0.25, 0.3) is 5.91 Å². The van der Waals surface area contributed by atoms with E-state index in [-0.39, 0.29) is 19.1 Å². The molecule has 0 aliphatic rings. The first-order valence-corrected chi connectivity index (χ1v) is 10.7. The van der Waals surface area contributed by atoms with E-state index in [4.69, 9.17) is 9.47 Å². The quantitative estimate of drug-likeness (QED) is 0.448. The number of benzene rings is 2. The number of rotatable bonds is 7. The molecule has 1 heterocycles. The maximum absolute atomic E-state index is 12.5. The first-order valence-electron chi connectivity index (χ1n) is 9.02. The lowest BCUT2D eigenvalue weighted by Crippen LogP contribution is -2.21. The van der Waals surface area contributed by atoms with E-state index in [1.165, 1.54) is 11.3 Å². The van der Waals surface area contributed by atoms with Crippen LogP contribution in [0.1, 0.15) is 22.8 Å². The highest BCUT2D eigenvalue weighted by molar-refractivity contribution is 9.10. The molecule has 0 aliphatic heterocycles. The van der Waals surface area contributed by atoms with Crippen molar-refractivity contribution in [2.75, 3.05) is 18.5 Å². The molecule has 1 aromatic heterocycles. The molecule has 3 rings (SSSR count). The van der Waals surface area contributed by atoms with Gasteiger partial charge in [0.15, 0.2) is 6.61 Å². The van der Waals surface area contributed by atoms with E-state index in [9.17, 15) is 9.59 Å². The van der Waals surface area contributed by atoms with Crippen LogP contribution in [0.25, 0.3) is 11.1 Å². The number of anilines is 1. The van der Waals surface area contributed by atoms with Crippen LogP contribution in [0.2, 0.25) is 0 Å². The van der Waals surface area contributed by atoms with Gasteiger partial charge in [-0.2, -0.15) is 0 Å². The summed E-state index contributed by atoms with van der Waals surface area (Å²) in [5.74, 6) is -0.215. The van der Waals surface area contributed by atoms with Crippen LogP contribution in [0.4, 0.5) is 5.00 Å². The summed E-state index contributed by atoms with van der Waals surface area (Å²) >= 11 is 4.72. The fraction of sp³-hybridized carbons (Fsp3) is 0.182. The van der Waals surface area contributed by atoms with E-state index >= 15 is 0 Å². The Hall–Kier alpha value is -2.64. The highest BCUT2D eigenvalue weighted by Gasteiger charge is 2.22. The first kappa shape index (κ1) is 21.1. The van der Waals surface area contributed by atoms with Crippen LogP contribution in [0.5, 0.6) is 5.75 Å². The molecule has 0 bridgehead atoms. The molecule has 0 saturated heterocycles. The molecule has 7 heteroatoms. The van der Waals surface area contributed by atoms with Crippen molar-refractivity contribution < 1.29 is 19.1 Å². The van der Waals surface area contributed by atoms with Gasteiger partial charge in [-0.25, -0.2) is 4.79 Å². The summed E-state index contributed by atoms with van der Waals surface area (Å²) in [6.07, 6.45) is 0. The number of ether oxygens (including phenoxy) is 2. The van der Waals surface area contributed by atoms with Gasteiger partial charge in [0.05, 0.1) is 6.61 Å². The topological polar surface area (TPSA) is 64.6 Å². The minimum absolute atomic E-state index is 0.165. The number of amides is 1. The molecule has 29 heavy (non-hydrogen) atoms. The predicted octanol–water partition coefficient (Wildman–Crippen LogP) is 5.68. The third kappa shape index (κ3) is 5.25. The lowest BCUT2D eigenvalue weighted by Gasteiger charge is -2.10. The molecular formula is C22H20BrNO4S. The largest absolute Gasteiger partial charge is 0.484 e. The number of hydrogen-bond donors (Lipinski definition) is 1. The molecule has 1 N–H and O–H groups in total.